The van der Waals surface area contributed by atoms with Crippen LogP contribution in [0.15, 0.2) is 91.0 Å². The molecule has 0 amide bonds. The number of hydrogen-bond donors (Lipinski definition) is 0. The van der Waals surface area contributed by atoms with E-state index in [0.29, 0.717) is 5.92 Å². The van der Waals surface area contributed by atoms with Gasteiger partial charge >= 0.3 is 0 Å². The molecule has 1 aliphatic carbocycles. The predicted octanol–water partition coefficient (Wildman–Crippen LogP) is 7.81. The maximum Gasteiger partial charge on any atom is -0.00666 e. The number of aryl methyl sites for hydroxylation is 1. The van der Waals surface area contributed by atoms with Crippen molar-refractivity contribution in [1.82, 2.24) is 0 Å². The van der Waals surface area contributed by atoms with Crippen LogP contribution in [0.25, 0.3) is 32.3 Å². The Kier molecular flexibility index (Phi) is 3.90. The molecule has 6 rings (SSSR count). The van der Waals surface area contributed by atoms with Crippen LogP contribution in [0.1, 0.15) is 35.4 Å². The van der Waals surface area contributed by atoms with Crippen molar-refractivity contribution in [2.24, 2.45) is 0 Å². The van der Waals surface area contributed by atoms with E-state index in [9.17, 15) is 0 Å². The SMILES string of the molecule is c1ccc2c(c1)CCCC2Cc1cc2ccccc2c2ccc3ccccc3c12. The van der Waals surface area contributed by atoms with Gasteiger partial charge in [0.1, 0.15) is 0 Å². The molecule has 0 saturated carbocycles. The molecule has 0 fully saturated rings. The first-order valence-electron chi connectivity index (χ1n) is 10.8. The maximum absolute atomic E-state index is 2.46. The molecule has 0 spiro atoms. The van der Waals surface area contributed by atoms with E-state index >= 15 is 0 Å². The molecule has 0 N–H and O–H groups in total. The Bertz CT molecular complexity index is 1360. The van der Waals surface area contributed by atoms with Crippen molar-refractivity contribution in [2.45, 2.75) is 31.6 Å². The van der Waals surface area contributed by atoms with E-state index in [1.165, 1.54) is 57.1 Å². The molecule has 0 nitrogen and oxygen atoms in total. The van der Waals surface area contributed by atoms with Gasteiger partial charge in [0.05, 0.1) is 0 Å². The molecule has 0 heteroatoms. The Labute approximate surface area is 171 Å². The van der Waals surface area contributed by atoms with Crippen LogP contribution in [0.2, 0.25) is 0 Å². The summed E-state index contributed by atoms with van der Waals surface area (Å²) in [6.45, 7) is 0. The molecule has 0 radical (unpaired) electrons. The fourth-order valence-corrected chi connectivity index (χ4v) is 5.46. The standard InChI is InChI=1S/C29H24/c1-4-13-25-20(8-1)11-7-12-22(25)18-24-19-23-10-3-5-14-26(23)28-17-16-21-9-2-6-15-27(21)29(24)28/h1-6,8-10,13-17,19,22H,7,11-12,18H2. The average molecular weight is 373 g/mol. The zero-order valence-corrected chi connectivity index (χ0v) is 16.6. The van der Waals surface area contributed by atoms with Crippen molar-refractivity contribution in [2.75, 3.05) is 0 Å². The smallest absolute Gasteiger partial charge is 0.00666 e. The normalized spacial score (nSPS) is 16.3. The van der Waals surface area contributed by atoms with Crippen molar-refractivity contribution in [3.05, 3.63) is 108 Å². The first-order valence-corrected chi connectivity index (χ1v) is 10.8. The molecular formula is C29H24. The lowest BCUT2D eigenvalue weighted by Crippen LogP contribution is -2.12. The van der Waals surface area contributed by atoms with Crippen LogP contribution >= 0.6 is 0 Å². The van der Waals surface area contributed by atoms with Gasteiger partial charge in [-0.1, -0.05) is 91.0 Å². The third-order valence-electron chi connectivity index (χ3n) is 6.79. The third kappa shape index (κ3) is 2.75. The Morgan fingerprint density at radius 3 is 2.34 bits per heavy atom. The van der Waals surface area contributed by atoms with Gasteiger partial charge in [0.2, 0.25) is 0 Å². The lowest BCUT2D eigenvalue weighted by atomic mass is 9.78. The van der Waals surface area contributed by atoms with Gasteiger partial charge in [-0.25, -0.2) is 0 Å². The second-order valence-corrected chi connectivity index (χ2v) is 8.46. The Hall–Kier alpha value is -3.12. The van der Waals surface area contributed by atoms with Crippen molar-refractivity contribution >= 4 is 32.3 Å². The number of hydrogen-bond acceptors (Lipinski definition) is 0. The van der Waals surface area contributed by atoms with Crippen molar-refractivity contribution in [3.8, 4) is 0 Å². The van der Waals surface area contributed by atoms with Gasteiger partial charge in [-0.3, -0.25) is 0 Å². The molecule has 0 bridgehead atoms. The summed E-state index contributed by atoms with van der Waals surface area (Å²) in [6, 6.07) is 33.9. The molecule has 0 aromatic heterocycles. The molecular weight excluding hydrogens is 348 g/mol. The highest BCUT2D eigenvalue weighted by Crippen LogP contribution is 2.39. The van der Waals surface area contributed by atoms with Crippen LogP contribution in [-0.4, -0.2) is 0 Å². The second kappa shape index (κ2) is 6.74. The third-order valence-corrected chi connectivity index (χ3v) is 6.79. The lowest BCUT2D eigenvalue weighted by Gasteiger charge is -2.26. The van der Waals surface area contributed by atoms with E-state index in [4.69, 9.17) is 0 Å². The number of benzene rings is 5. The Balaban J connectivity index is 1.62. The average Bonchev–Trinajstić information content (AvgIpc) is 2.79. The van der Waals surface area contributed by atoms with Crippen LogP contribution < -0.4 is 0 Å². The summed E-state index contributed by atoms with van der Waals surface area (Å²) in [6.07, 6.45) is 4.93. The molecule has 1 unspecified atom stereocenters. The highest BCUT2D eigenvalue weighted by Gasteiger charge is 2.21. The number of rotatable bonds is 2. The second-order valence-electron chi connectivity index (χ2n) is 8.46. The molecule has 0 aliphatic heterocycles. The van der Waals surface area contributed by atoms with Crippen LogP contribution in [0, 0.1) is 0 Å². The van der Waals surface area contributed by atoms with Gasteiger partial charge in [-0.05, 0) is 80.6 Å². The highest BCUT2D eigenvalue weighted by molar-refractivity contribution is 6.18. The molecule has 5 aromatic rings. The summed E-state index contributed by atoms with van der Waals surface area (Å²) in [5.41, 5.74) is 4.62. The molecule has 0 heterocycles. The summed E-state index contributed by atoms with van der Waals surface area (Å²) in [4.78, 5) is 0. The van der Waals surface area contributed by atoms with E-state index in [1.54, 1.807) is 11.1 Å². The maximum atomic E-state index is 2.46. The van der Waals surface area contributed by atoms with E-state index in [1.807, 2.05) is 0 Å². The zero-order chi connectivity index (χ0) is 19.2. The summed E-state index contributed by atoms with van der Waals surface area (Å²) in [5.74, 6) is 0.614. The molecule has 1 aliphatic rings. The van der Waals surface area contributed by atoms with Gasteiger partial charge < -0.3 is 0 Å². The van der Waals surface area contributed by atoms with Gasteiger partial charge in [0.25, 0.3) is 0 Å². The van der Waals surface area contributed by atoms with E-state index < -0.39 is 0 Å². The minimum absolute atomic E-state index is 0.614. The monoisotopic (exact) mass is 372 g/mol. The van der Waals surface area contributed by atoms with E-state index in [2.05, 4.69) is 91.0 Å². The molecule has 140 valence electrons. The minimum atomic E-state index is 0.614. The molecule has 29 heavy (non-hydrogen) atoms. The van der Waals surface area contributed by atoms with Crippen molar-refractivity contribution in [1.29, 1.82) is 0 Å². The minimum Gasteiger partial charge on any atom is -0.0620 e. The van der Waals surface area contributed by atoms with E-state index in [-0.39, 0.29) is 0 Å². The largest absolute Gasteiger partial charge is 0.0620 e. The van der Waals surface area contributed by atoms with Crippen LogP contribution in [0.5, 0.6) is 0 Å². The van der Waals surface area contributed by atoms with Crippen LogP contribution in [-0.2, 0) is 12.8 Å². The summed E-state index contributed by atoms with van der Waals surface area (Å²) < 4.78 is 0. The highest BCUT2D eigenvalue weighted by atomic mass is 14.3. The van der Waals surface area contributed by atoms with Crippen LogP contribution in [0.4, 0.5) is 0 Å². The first-order chi connectivity index (χ1) is 14.4. The summed E-state index contributed by atoms with van der Waals surface area (Å²) in [7, 11) is 0. The quantitative estimate of drug-likeness (QED) is 0.277. The molecule has 0 saturated heterocycles. The first kappa shape index (κ1) is 16.8. The van der Waals surface area contributed by atoms with E-state index in [0.717, 1.165) is 6.42 Å². The van der Waals surface area contributed by atoms with Gasteiger partial charge in [0.15, 0.2) is 0 Å². The Morgan fingerprint density at radius 2 is 1.41 bits per heavy atom. The van der Waals surface area contributed by atoms with Gasteiger partial charge in [0, 0.05) is 0 Å². The number of fused-ring (bicyclic) bond motifs is 6. The molecule has 5 aromatic carbocycles. The zero-order valence-electron chi connectivity index (χ0n) is 16.6. The van der Waals surface area contributed by atoms with Crippen molar-refractivity contribution in [3.63, 3.8) is 0 Å². The fourth-order valence-electron chi connectivity index (χ4n) is 5.46. The van der Waals surface area contributed by atoms with Gasteiger partial charge in [-0.15, -0.1) is 0 Å². The van der Waals surface area contributed by atoms with Crippen molar-refractivity contribution < 1.29 is 0 Å². The topological polar surface area (TPSA) is 0 Å². The summed E-state index contributed by atoms with van der Waals surface area (Å²) in [5, 5.41) is 8.27. The fraction of sp³-hybridized carbons (Fsp3) is 0.172. The summed E-state index contributed by atoms with van der Waals surface area (Å²) >= 11 is 0. The lowest BCUT2D eigenvalue weighted by molar-refractivity contribution is 0.552. The molecule has 1 atom stereocenters. The van der Waals surface area contributed by atoms with Crippen LogP contribution in [0.3, 0.4) is 0 Å². The van der Waals surface area contributed by atoms with Gasteiger partial charge in [-0.2, -0.15) is 0 Å². The Morgan fingerprint density at radius 1 is 0.655 bits per heavy atom. The predicted molar refractivity (Wildman–Crippen MR) is 125 cm³/mol.